The van der Waals surface area contributed by atoms with E-state index >= 15 is 0 Å². The Morgan fingerprint density at radius 1 is 1.06 bits per heavy atom. The Morgan fingerprint density at radius 2 is 1.79 bits per heavy atom. The first-order valence-electron chi connectivity index (χ1n) is 10.7. The van der Waals surface area contributed by atoms with E-state index in [9.17, 15) is 14.4 Å². The van der Waals surface area contributed by atoms with Crippen molar-refractivity contribution in [2.45, 2.75) is 58.9 Å². The van der Waals surface area contributed by atoms with E-state index in [0.29, 0.717) is 30.7 Å². The monoisotopic (exact) mass is 453 g/mol. The molecule has 9 heteroatoms. The number of amides is 2. The number of carbonyl (C=O) groups excluding carboxylic acids is 3. The molecule has 0 N–H and O–H groups in total. The van der Waals surface area contributed by atoms with Crippen molar-refractivity contribution in [2.75, 3.05) is 0 Å². The number of unbranched alkanes of at least 4 members (excludes halogenated alkanes) is 1. The van der Waals surface area contributed by atoms with Crippen molar-refractivity contribution >= 4 is 17.8 Å². The normalized spacial score (nSPS) is 11.3. The second-order valence-electron chi connectivity index (χ2n) is 8.56. The molecule has 0 aliphatic heterocycles. The van der Waals surface area contributed by atoms with Gasteiger partial charge in [0.2, 0.25) is 0 Å². The van der Waals surface area contributed by atoms with Crippen molar-refractivity contribution in [3.05, 3.63) is 54.6 Å². The SMILES string of the molecule is CC(=O)CCCCc1nc(OC(=O)N(C(=O)c2ncoc2-c2ccccc2)C(C)(C)C)co1. The molecule has 0 unspecified atom stereocenters. The third kappa shape index (κ3) is 6.15. The molecule has 0 radical (unpaired) electrons. The Labute approximate surface area is 191 Å². The minimum Gasteiger partial charge on any atom is -0.445 e. The molecular weight excluding hydrogens is 426 g/mol. The molecule has 0 aliphatic rings. The fourth-order valence-corrected chi connectivity index (χ4v) is 3.20. The van der Waals surface area contributed by atoms with Crippen molar-refractivity contribution < 1.29 is 28.0 Å². The van der Waals surface area contributed by atoms with Crippen LogP contribution in [0.5, 0.6) is 5.88 Å². The van der Waals surface area contributed by atoms with Gasteiger partial charge in [0, 0.05) is 23.9 Å². The number of benzene rings is 1. The number of aryl methyl sites for hydroxylation is 1. The smallest absolute Gasteiger partial charge is 0.424 e. The molecule has 0 saturated heterocycles. The Kier molecular flexibility index (Phi) is 7.42. The predicted molar refractivity (Wildman–Crippen MR) is 119 cm³/mol. The number of ketones is 1. The Balaban J connectivity index is 1.74. The molecule has 33 heavy (non-hydrogen) atoms. The minimum absolute atomic E-state index is 0.000567. The number of nitrogens with zero attached hydrogens (tertiary/aromatic N) is 3. The van der Waals surface area contributed by atoms with Gasteiger partial charge in [0.15, 0.2) is 30.0 Å². The first-order chi connectivity index (χ1) is 15.7. The third-order valence-corrected chi connectivity index (χ3v) is 4.75. The number of hydrogen-bond donors (Lipinski definition) is 0. The van der Waals surface area contributed by atoms with Gasteiger partial charge in [-0.1, -0.05) is 30.3 Å². The van der Waals surface area contributed by atoms with Gasteiger partial charge in [-0.3, -0.25) is 4.79 Å². The quantitative estimate of drug-likeness (QED) is 0.434. The maximum atomic E-state index is 13.3. The number of carbonyl (C=O) groups is 3. The zero-order chi connectivity index (χ0) is 24.0. The summed E-state index contributed by atoms with van der Waals surface area (Å²) in [7, 11) is 0. The molecule has 2 heterocycles. The van der Waals surface area contributed by atoms with Crippen LogP contribution in [-0.2, 0) is 11.2 Å². The average molecular weight is 453 g/mol. The van der Waals surface area contributed by atoms with Gasteiger partial charge in [0.25, 0.3) is 11.8 Å². The molecule has 3 rings (SSSR count). The molecule has 0 fully saturated rings. The van der Waals surface area contributed by atoms with E-state index < -0.39 is 17.5 Å². The van der Waals surface area contributed by atoms with Crippen molar-refractivity contribution in [1.29, 1.82) is 0 Å². The summed E-state index contributed by atoms with van der Waals surface area (Å²) >= 11 is 0. The van der Waals surface area contributed by atoms with Crippen LogP contribution in [0.2, 0.25) is 0 Å². The van der Waals surface area contributed by atoms with E-state index in [1.807, 2.05) is 18.2 Å². The minimum atomic E-state index is -0.916. The maximum absolute atomic E-state index is 13.3. The van der Waals surface area contributed by atoms with Gasteiger partial charge in [0.1, 0.15) is 5.78 Å². The largest absolute Gasteiger partial charge is 0.445 e. The Morgan fingerprint density at radius 3 is 2.45 bits per heavy atom. The summed E-state index contributed by atoms with van der Waals surface area (Å²) in [5, 5.41) is 0. The van der Waals surface area contributed by atoms with Crippen LogP contribution in [0, 0.1) is 0 Å². The Hall–Kier alpha value is -3.75. The molecule has 0 spiro atoms. The standard InChI is InChI=1S/C24H27N3O6/c1-16(28)10-8-9-13-18-26-19(14-31-18)33-23(30)27(24(2,3)4)22(29)20-21(32-15-25-20)17-11-6-5-7-12-17/h5-7,11-12,14-15H,8-10,13H2,1-4H3. The first kappa shape index (κ1) is 23.9. The summed E-state index contributed by atoms with van der Waals surface area (Å²) in [5.41, 5.74) is -0.258. The van der Waals surface area contributed by atoms with E-state index in [1.165, 1.54) is 6.26 Å². The number of oxazole rings is 2. The molecule has 3 aromatic rings. The summed E-state index contributed by atoms with van der Waals surface area (Å²) < 4.78 is 16.1. The summed E-state index contributed by atoms with van der Waals surface area (Å²) in [6.45, 7) is 6.67. The molecule has 0 saturated carbocycles. The van der Waals surface area contributed by atoms with E-state index in [0.717, 1.165) is 17.7 Å². The zero-order valence-electron chi connectivity index (χ0n) is 19.2. The molecular formula is C24H27N3O6. The highest BCUT2D eigenvalue weighted by Crippen LogP contribution is 2.27. The fraction of sp³-hybridized carbons (Fsp3) is 0.375. The molecule has 0 bridgehead atoms. The fourth-order valence-electron chi connectivity index (χ4n) is 3.20. The van der Waals surface area contributed by atoms with Crippen LogP contribution in [-0.4, -0.2) is 38.2 Å². The van der Waals surface area contributed by atoms with Crippen molar-refractivity contribution in [2.24, 2.45) is 0 Å². The van der Waals surface area contributed by atoms with Crippen molar-refractivity contribution in [1.82, 2.24) is 14.9 Å². The number of aromatic nitrogens is 2. The van der Waals surface area contributed by atoms with Gasteiger partial charge in [-0.05, 0) is 40.5 Å². The van der Waals surface area contributed by atoms with Gasteiger partial charge in [-0.25, -0.2) is 14.7 Å². The second-order valence-corrected chi connectivity index (χ2v) is 8.56. The molecule has 9 nitrogen and oxygen atoms in total. The molecule has 0 aliphatic carbocycles. The Bertz CT molecular complexity index is 1110. The lowest BCUT2D eigenvalue weighted by Gasteiger charge is -2.31. The van der Waals surface area contributed by atoms with Crippen LogP contribution >= 0.6 is 0 Å². The summed E-state index contributed by atoms with van der Waals surface area (Å²) in [4.78, 5) is 46.5. The van der Waals surface area contributed by atoms with E-state index in [4.69, 9.17) is 13.6 Å². The highest BCUT2D eigenvalue weighted by atomic mass is 16.6. The van der Waals surface area contributed by atoms with E-state index in [2.05, 4.69) is 9.97 Å². The van der Waals surface area contributed by atoms with Gasteiger partial charge in [0.05, 0.1) is 0 Å². The lowest BCUT2D eigenvalue weighted by molar-refractivity contribution is -0.117. The predicted octanol–water partition coefficient (Wildman–Crippen LogP) is 5.07. The van der Waals surface area contributed by atoms with Gasteiger partial charge >= 0.3 is 6.09 Å². The maximum Gasteiger partial charge on any atom is 0.424 e. The lowest BCUT2D eigenvalue weighted by atomic mass is 10.0. The van der Waals surface area contributed by atoms with Crippen LogP contribution in [0.1, 0.15) is 63.3 Å². The highest BCUT2D eigenvalue weighted by molar-refractivity contribution is 6.05. The zero-order valence-corrected chi connectivity index (χ0v) is 19.2. The van der Waals surface area contributed by atoms with Crippen molar-refractivity contribution in [3.63, 3.8) is 0 Å². The summed E-state index contributed by atoms with van der Waals surface area (Å²) in [6, 6.07) is 9.03. The van der Waals surface area contributed by atoms with Gasteiger partial charge < -0.3 is 18.4 Å². The molecule has 1 aromatic carbocycles. The van der Waals surface area contributed by atoms with Crippen molar-refractivity contribution in [3.8, 4) is 17.2 Å². The van der Waals surface area contributed by atoms with Gasteiger partial charge in [-0.15, -0.1) is 0 Å². The van der Waals surface area contributed by atoms with Crippen LogP contribution in [0.4, 0.5) is 4.79 Å². The highest BCUT2D eigenvalue weighted by Gasteiger charge is 2.38. The van der Waals surface area contributed by atoms with Crippen LogP contribution in [0.25, 0.3) is 11.3 Å². The topological polar surface area (TPSA) is 116 Å². The molecule has 174 valence electrons. The lowest BCUT2D eigenvalue weighted by Crippen LogP contribution is -2.51. The van der Waals surface area contributed by atoms with E-state index in [1.54, 1.807) is 39.8 Å². The summed E-state index contributed by atoms with van der Waals surface area (Å²) in [5.74, 6) is 0.0707. The molecule has 0 atom stereocenters. The average Bonchev–Trinajstić information content (AvgIpc) is 3.40. The molecule has 2 aromatic heterocycles. The van der Waals surface area contributed by atoms with Crippen LogP contribution < -0.4 is 4.74 Å². The number of imide groups is 1. The van der Waals surface area contributed by atoms with E-state index in [-0.39, 0.29) is 23.1 Å². The van der Waals surface area contributed by atoms with Crippen LogP contribution in [0.3, 0.4) is 0 Å². The second kappa shape index (κ2) is 10.2. The number of Topliss-reactive ketones (excluding diaryl/α,β-unsaturated/α-hetero) is 1. The molecule has 2 amide bonds. The number of ether oxygens (including phenoxy) is 1. The first-order valence-corrected chi connectivity index (χ1v) is 10.7. The van der Waals surface area contributed by atoms with Crippen LogP contribution in [0.15, 0.2) is 51.8 Å². The third-order valence-electron chi connectivity index (χ3n) is 4.75. The summed E-state index contributed by atoms with van der Waals surface area (Å²) in [6.07, 6.45) is 3.91. The number of rotatable bonds is 8. The van der Waals surface area contributed by atoms with Gasteiger partial charge in [-0.2, -0.15) is 4.98 Å². The number of hydrogen-bond acceptors (Lipinski definition) is 8.